The van der Waals surface area contributed by atoms with Crippen molar-refractivity contribution >= 4 is 11.9 Å². The molecular formula is C15H25NO3. The maximum absolute atomic E-state index is 12.4. The predicted molar refractivity (Wildman–Crippen MR) is 72.4 cm³/mol. The van der Waals surface area contributed by atoms with Crippen LogP contribution in [0.4, 0.5) is 0 Å². The lowest BCUT2D eigenvalue weighted by Gasteiger charge is -2.35. The summed E-state index contributed by atoms with van der Waals surface area (Å²) >= 11 is 0. The van der Waals surface area contributed by atoms with Crippen molar-refractivity contribution in [2.45, 2.75) is 45.4 Å². The highest BCUT2D eigenvalue weighted by Crippen LogP contribution is 2.30. The Bertz CT molecular complexity index is 326. The Morgan fingerprint density at radius 3 is 2.05 bits per heavy atom. The van der Waals surface area contributed by atoms with Crippen LogP contribution in [0.15, 0.2) is 0 Å². The summed E-state index contributed by atoms with van der Waals surface area (Å²) < 4.78 is 4.77. The number of nitrogens with zero attached hydrogens (tertiary/aromatic N) is 1. The fourth-order valence-corrected chi connectivity index (χ4v) is 3.27. The fraction of sp³-hybridized carbons (Fsp3) is 0.867. The van der Waals surface area contributed by atoms with Crippen LogP contribution in [0.2, 0.25) is 0 Å². The SMILES string of the molecule is COC(=O)C1CCN(C(=O)C2CCC(C)CC2)CC1. The van der Waals surface area contributed by atoms with Gasteiger partial charge in [0.05, 0.1) is 13.0 Å². The zero-order valence-electron chi connectivity index (χ0n) is 12.1. The molecule has 108 valence electrons. The van der Waals surface area contributed by atoms with Crippen molar-refractivity contribution in [3.8, 4) is 0 Å². The van der Waals surface area contributed by atoms with Crippen LogP contribution in [0.1, 0.15) is 45.4 Å². The van der Waals surface area contributed by atoms with Crippen LogP contribution in [0.5, 0.6) is 0 Å². The molecule has 0 aromatic rings. The minimum Gasteiger partial charge on any atom is -0.469 e. The smallest absolute Gasteiger partial charge is 0.308 e. The quantitative estimate of drug-likeness (QED) is 0.721. The van der Waals surface area contributed by atoms with Gasteiger partial charge in [0.15, 0.2) is 0 Å². The topological polar surface area (TPSA) is 46.6 Å². The number of esters is 1. The molecule has 4 nitrogen and oxygen atoms in total. The number of amides is 1. The molecule has 1 heterocycles. The Morgan fingerprint density at radius 2 is 1.53 bits per heavy atom. The third-order valence-electron chi connectivity index (χ3n) is 4.71. The lowest BCUT2D eigenvalue weighted by molar-refractivity contribution is -0.149. The number of rotatable bonds is 2. The Labute approximate surface area is 115 Å². The first-order valence-electron chi connectivity index (χ1n) is 7.48. The van der Waals surface area contributed by atoms with Gasteiger partial charge in [0.25, 0.3) is 0 Å². The molecule has 4 heteroatoms. The van der Waals surface area contributed by atoms with E-state index in [0.29, 0.717) is 19.0 Å². The second-order valence-corrected chi connectivity index (χ2v) is 6.08. The molecule has 1 aliphatic carbocycles. The predicted octanol–water partition coefficient (Wildman–Crippen LogP) is 2.22. The van der Waals surface area contributed by atoms with Gasteiger partial charge in [-0.05, 0) is 44.4 Å². The maximum atomic E-state index is 12.4. The first kappa shape index (κ1) is 14.4. The van der Waals surface area contributed by atoms with E-state index in [1.54, 1.807) is 0 Å². The second-order valence-electron chi connectivity index (χ2n) is 6.08. The highest BCUT2D eigenvalue weighted by molar-refractivity contribution is 5.79. The van der Waals surface area contributed by atoms with Crippen LogP contribution in [-0.2, 0) is 14.3 Å². The summed E-state index contributed by atoms with van der Waals surface area (Å²) in [6.45, 7) is 3.69. The molecule has 0 bridgehead atoms. The van der Waals surface area contributed by atoms with Gasteiger partial charge in [-0.25, -0.2) is 0 Å². The molecule has 1 amide bonds. The van der Waals surface area contributed by atoms with Gasteiger partial charge >= 0.3 is 5.97 Å². The number of carbonyl (C=O) groups is 2. The number of hydrogen-bond acceptors (Lipinski definition) is 3. The van der Waals surface area contributed by atoms with Crippen LogP contribution in [0, 0.1) is 17.8 Å². The van der Waals surface area contributed by atoms with Crippen LogP contribution >= 0.6 is 0 Å². The molecule has 0 radical (unpaired) electrons. The van der Waals surface area contributed by atoms with Crippen molar-refractivity contribution in [2.24, 2.45) is 17.8 Å². The maximum Gasteiger partial charge on any atom is 0.308 e. The van der Waals surface area contributed by atoms with Crippen molar-refractivity contribution in [3.05, 3.63) is 0 Å². The van der Waals surface area contributed by atoms with E-state index in [-0.39, 0.29) is 17.8 Å². The molecule has 1 saturated carbocycles. The van der Waals surface area contributed by atoms with E-state index in [9.17, 15) is 9.59 Å². The van der Waals surface area contributed by atoms with Gasteiger partial charge in [0, 0.05) is 19.0 Å². The van der Waals surface area contributed by atoms with Crippen molar-refractivity contribution in [1.82, 2.24) is 4.90 Å². The van der Waals surface area contributed by atoms with E-state index in [2.05, 4.69) is 6.92 Å². The minimum atomic E-state index is -0.126. The monoisotopic (exact) mass is 267 g/mol. The molecule has 2 rings (SSSR count). The van der Waals surface area contributed by atoms with E-state index in [1.807, 2.05) is 4.90 Å². The number of carbonyl (C=O) groups excluding carboxylic acids is 2. The summed E-state index contributed by atoms with van der Waals surface area (Å²) in [5.74, 6) is 1.18. The normalized spacial score (nSPS) is 29.1. The molecule has 19 heavy (non-hydrogen) atoms. The molecule has 0 aromatic heterocycles. The van der Waals surface area contributed by atoms with Crippen LogP contribution in [-0.4, -0.2) is 37.0 Å². The molecule has 2 aliphatic rings. The number of likely N-dealkylation sites (tertiary alicyclic amines) is 1. The number of ether oxygens (including phenoxy) is 1. The number of piperidine rings is 1. The Kier molecular flexibility index (Phi) is 4.83. The van der Waals surface area contributed by atoms with E-state index in [1.165, 1.54) is 20.0 Å². The van der Waals surface area contributed by atoms with Crippen LogP contribution < -0.4 is 0 Å². The van der Waals surface area contributed by atoms with Gasteiger partial charge in [0.2, 0.25) is 5.91 Å². The summed E-state index contributed by atoms with van der Waals surface area (Å²) in [6.07, 6.45) is 5.93. The average molecular weight is 267 g/mol. The average Bonchev–Trinajstić information content (AvgIpc) is 2.46. The van der Waals surface area contributed by atoms with Gasteiger partial charge in [-0.3, -0.25) is 9.59 Å². The fourth-order valence-electron chi connectivity index (χ4n) is 3.27. The Morgan fingerprint density at radius 1 is 0.947 bits per heavy atom. The molecule has 1 saturated heterocycles. The largest absolute Gasteiger partial charge is 0.469 e. The second kappa shape index (κ2) is 6.40. The highest BCUT2D eigenvalue weighted by Gasteiger charge is 2.32. The molecular weight excluding hydrogens is 242 g/mol. The summed E-state index contributed by atoms with van der Waals surface area (Å²) in [4.78, 5) is 25.8. The molecule has 0 aromatic carbocycles. The van der Waals surface area contributed by atoms with E-state index >= 15 is 0 Å². The first-order valence-corrected chi connectivity index (χ1v) is 7.48. The van der Waals surface area contributed by atoms with Crippen molar-refractivity contribution in [2.75, 3.05) is 20.2 Å². The number of methoxy groups -OCH3 is 1. The van der Waals surface area contributed by atoms with Gasteiger partial charge in [0.1, 0.15) is 0 Å². The highest BCUT2D eigenvalue weighted by atomic mass is 16.5. The third kappa shape index (κ3) is 3.48. The zero-order valence-corrected chi connectivity index (χ0v) is 12.1. The van der Waals surface area contributed by atoms with Gasteiger partial charge in [-0.15, -0.1) is 0 Å². The van der Waals surface area contributed by atoms with E-state index < -0.39 is 0 Å². The summed E-state index contributed by atoms with van der Waals surface area (Å²) in [5, 5.41) is 0. The summed E-state index contributed by atoms with van der Waals surface area (Å²) in [5.41, 5.74) is 0. The Balaban J connectivity index is 1.81. The zero-order chi connectivity index (χ0) is 13.8. The minimum absolute atomic E-state index is 0.0135. The van der Waals surface area contributed by atoms with Gasteiger partial charge in [-0.1, -0.05) is 6.92 Å². The van der Waals surface area contributed by atoms with Crippen LogP contribution in [0.25, 0.3) is 0 Å². The summed E-state index contributed by atoms with van der Waals surface area (Å²) in [7, 11) is 1.43. The number of hydrogen-bond donors (Lipinski definition) is 0. The third-order valence-corrected chi connectivity index (χ3v) is 4.71. The van der Waals surface area contributed by atoms with E-state index in [0.717, 1.165) is 31.6 Å². The van der Waals surface area contributed by atoms with Crippen molar-refractivity contribution in [3.63, 3.8) is 0 Å². The lowest BCUT2D eigenvalue weighted by Crippen LogP contribution is -2.44. The molecule has 0 unspecified atom stereocenters. The first-order chi connectivity index (χ1) is 9.11. The lowest BCUT2D eigenvalue weighted by atomic mass is 9.82. The van der Waals surface area contributed by atoms with Crippen molar-refractivity contribution in [1.29, 1.82) is 0 Å². The molecule has 2 fully saturated rings. The Hall–Kier alpha value is -1.06. The van der Waals surface area contributed by atoms with Crippen LogP contribution in [0.3, 0.4) is 0 Å². The summed E-state index contributed by atoms with van der Waals surface area (Å²) in [6, 6.07) is 0. The van der Waals surface area contributed by atoms with E-state index in [4.69, 9.17) is 4.74 Å². The van der Waals surface area contributed by atoms with Gasteiger partial charge in [-0.2, -0.15) is 0 Å². The molecule has 1 aliphatic heterocycles. The standard InChI is InChI=1S/C15H25NO3/c1-11-3-5-12(6-4-11)14(17)16-9-7-13(8-10-16)15(18)19-2/h11-13H,3-10H2,1-2H3. The molecule has 0 N–H and O–H groups in total. The van der Waals surface area contributed by atoms with Crippen molar-refractivity contribution < 1.29 is 14.3 Å². The molecule has 0 spiro atoms. The molecule has 0 atom stereocenters. The van der Waals surface area contributed by atoms with Gasteiger partial charge < -0.3 is 9.64 Å².